The molecular weight excluding hydrogens is 268 g/mol. The number of benzene rings is 1. The van der Waals surface area contributed by atoms with Crippen LogP contribution in [0, 0.1) is 5.41 Å². The van der Waals surface area contributed by atoms with Crippen LogP contribution in [0.1, 0.15) is 19.4 Å². The molecule has 0 radical (unpaired) electrons. The predicted octanol–water partition coefficient (Wildman–Crippen LogP) is 1.50. The van der Waals surface area contributed by atoms with Gasteiger partial charge >= 0.3 is 5.97 Å². The minimum absolute atomic E-state index is 0.203. The molecule has 0 spiro atoms. The lowest BCUT2D eigenvalue weighted by molar-refractivity contribution is -0.146. The lowest BCUT2D eigenvalue weighted by Crippen LogP contribution is -2.41. The molecule has 1 unspecified atom stereocenters. The molecular formula is C13H16O5S. The Bertz CT molecular complexity index is 630. The van der Waals surface area contributed by atoms with Crippen molar-refractivity contribution in [1.82, 2.24) is 0 Å². The first-order valence-corrected chi connectivity index (χ1v) is 7.40. The molecule has 0 aromatic heterocycles. The number of rotatable bonds is 3. The van der Waals surface area contributed by atoms with E-state index in [4.69, 9.17) is 4.74 Å². The fourth-order valence-electron chi connectivity index (χ4n) is 2.36. The van der Waals surface area contributed by atoms with E-state index < -0.39 is 26.5 Å². The van der Waals surface area contributed by atoms with E-state index in [0.29, 0.717) is 11.3 Å². The quantitative estimate of drug-likeness (QED) is 0.909. The first-order valence-electron chi connectivity index (χ1n) is 5.85. The van der Waals surface area contributed by atoms with Crippen LogP contribution in [0.3, 0.4) is 0 Å². The van der Waals surface area contributed by atoms with Crippen molar-refractivity contribution in [2.75, 3.05) is 7.11 Å². The zero-order valence-electron chi connectivity index (χ0n) is 11.0. The Hall–Kier alpha value is -1.56. The summed E-state index contributed by atoms with van der Waals surface area (Å²) in [6.07, 6.45) is 0.203. The number of sulfone groups is 1. The Labute approximate surface area is 112 Å². The van der Waals surface area contributed by atoms with Crippen LogP contribution in [0.5, 0.6) is 5.75 Å². The fourth-order valence-corrected chi connectivity index (χ4v) is 4.71. The molecule has 0 aliphatic carbocycles. The molecule has 1 aliphatic heterocycles. The average molecular weight is 284 g/mol. The largest absolute Gasteiger partial charge is 0.497 e. The van der Waals surface area contributed by atoms with Gasteiger partial charge in [0.2, 0.25) is 0 Å². The third-order valence-electron chi connectivity index (χ3n) is 3.71. The van der Waals surface area contributed by atoms with Gasteiger partial charge in [0.15, 0.2) is 9.84 Å². The van der Waals surface area contributed by atoms with Crippen LogP contribution in [0.4, 0.5) is 0 Å². The summed E-state index contributed by atoms with van der Waals surface area (Å²) in [5, 5.41) is 8.28. The highest BCUT2D eigenvalue weighted by Crippen LogP contribution is 2.41. The molecule has 0 fully saturated rings. The standard InChI is InChI=1S/C13H16O5S/c1-13(2,12(14)15)11-7-8-6-9(18-3)4-5-10(8)19(11,16)17/h4-6,11H,7H2,1-3H3,(H,14,15). The van der Waals surface area contributed by atoms with Crippen molar-refractivity contribution in [2.45, 2.75) is 30.4 Å². The molecule has 0 amide bonds. The van der Waals surface area contributed by atoms with E-state index >= 15 is 0 Å². The van der Waals surface area contributed by atoms with Crippen molar-refractivity contribution in [3.05, 3.63) is 23.8 Å². The number of carboxylic acid groups (broad SMARTS) is 1. The number of hydrogen-bond acceptors (Lipinski definition) is 4. The van der Waals surface area contributed by atoms with Gasteiger partial charge in [0, 0.05) is 0 Å². The molecule has 1 atom stereocenters. The van der Waals surface area contributed by atoms with E-state index in [0.717, 1.165) is 0 Å². The zero-order chi connectivity index (χ0) is 14.4. The Balaban J connectivity index is 2.54. The van der Waals surface area contributed by atoms with Gasteiger partial charge in [0.05, 0.1) is 22.7 Å². The van der Waals surface area contributed by atoms with Crippen molar-refractivity contribution in [2.24, 2.45) is 5.41 Å². The molecule has 1 aliphatic rings. The Kier molecular flexibility index (Phi) is 3.09. The van der Waals surface area contributed by atoms with Crippen molar-refractivity contribution < 1.29 is 23.1 Å². The zero-order valence-corrected chi connectivity index (χ0v) is 11.8. The van der Waals surface area contributed by atoms with Crippen LogP contribution in [0.25, 0.3) is 0 Å². The molecule has 0 saturated carbocycles. The van der Waals surface area contributed by atoms with Gasteiger partial charge in [0.25, 0.3) is 0 Å². The van der Waals surface area contributed by atoms with Crippen LogP contribution >= 0.6 is 0 Å². The van der Waals surface area contributed by atoms with Crippen molar-refractivity contribution in [1.29, 1.82) is 0 Å². The second-order valence-corrected chi connectivity index (χ2v) is 7.34. The lowest BCUT2D eigenvalue weighted by atomic mass is 9.86. The van der Waals surface area contributed by atoms with E-state index in [-0.39, 0.29) is 11.3 Å². The van der Waals surface area contributed by atoms with Gasteiger partial charge in [-0.15, -0.1) is 0 Å². The van der Waals surface area contributed by atoms with E-state index in [2.05, 4.69) is 0 Å². The van der Waals surface area contributed by atoms with Crippen LogP contribution in [-0.4, -0.2) is 31.9 Å². The van der Waals surface area contributed by atoms with Gasteiger partial charge in [-0.3, -0.25) is 4.79 Å². The lowest BCUT2D eigenvalue weighted by Gasteiger charge is -2.25. The van der Waals surface area contributed by atoms with E-state index in [9.17, 15) is 18.3 Å². The van der Waals surface area contributed by atoms with E-state index in [1.54, 1.807) is 12.1 Å². The number of carbonyl (C=O) groups is 1. The summed E-state index contributed by atoms with van der Waals surface area (Å²) in [4.78, 5) is 11.5. The van der Waals surface area contributed by atoms with E-state index in [1.807, 2.05) is 0 Å². The summed E-state index contributed by atoms with van der Waals surface area (Å²) in [6, 6.07) is 4.72. The highest BCUT2D eigenvalue weighted by Gasteiger charge is 2.50. The summed E-state index contributed by atoms with van der Waals surface area (Å²) in [6.45, 7) is 2.89. The molecule has 6 heteroatoms. The first-order chi connectivity index (χ1) is 8.71. The molecule has 104 valence electrons. The number of fused-ring (bicyclic) bond motifs is 1. The second-order valence-electron chi connectivity index (χ2n) is 5.24. The van der Waals surface area contributed by atoms with Crippen molar-refractivity contribution >= 4 is 15.8 Å². The molecule has 1 N–H and O–H groups in total. The molecule has 1 heterocycles. The molecule has 0 saturated heterocycles. The molecule has 5 nitrogen and oxygen atoms in total. The highest BCUT2D eigenvalue weighted by atomic mass is 32.2. The normalized spacial score (nSPS) is 20.9. The second kappa shape index (κ2) is 4.23. The van der Waals surface area contributed by atoms with Crippen LogP contribution < -0.4 is 4.74 Å². The average Bonchev–Trinajstić information content (AvgIpc) is 2.61. The number of methoxy groups -OCH3 is 1. The van der Waals surface area contributed by atoms with Crippen molar-refractivity contribution in [3.8, 4) is 5.75 Å². The summed E-state index contributed by atoms with van der Waals surface area (Å²) < 4.78 is 29.9. The Morgan fingerprint density at radius 3 is 2.58 bits per heavy atom. The first kappa shape index (κ1) is 13.9. The maximum absolute atomic E-state index is 12.4. The monoisotopic (exact) mass is 284 g/mol. The van der Waals surface area contributed by atoms with Crippen LogP contribution in [0.15, 0.2) is 23.1 Å². The number of aliphatic carboxylic acids is 1. The van der Waals surface area contributed by atoms with Gasteiger partial charge in [-0.25, -0.2) is 8.42 Å². The van der Waals surface area contributed by atoms with Gasteiger partial charge in [-0.2, -0.15) is 0 Å². The third-order valence-corrected chi connectivity index (χ3v) is 6.23. The SMILES string of the molecule is COc1ccc2c(c1)CC(C(C)(C)C(=O)O)S2(=O)=O. The summed E-state index contributed by atoms with van der Waals surface area (Å²) in [5.74, 6) is -0.538. The maximum atomic E-state index is 12.4. The topological polar surface area (TPSA) is 80.7 Å². The minimum Gasteiger partial charge on any atom is -0.497 e. The Morgan fingerprint density at radius 1 is 1.42 bits per heavy atom. The van der Waals surface area contributed by atoms with E-state index in [1.165, 1.54) is 27.0 Å². The molecule has 0 bridgehead atoms. The maximum Gasteiger partial charge on any atom is 0.310 e. The third kappa shape index (κ3) is 2.00. The smallest absolute Gasteiger partial charge is 0.310 e. The minimum atomic E-state index is -3.61. The van der Waals surface area contributed by atoms with Crippen LogP contribution in [-0.2, 0) is 21.1 Å². The fraction of sp³-hybridized carbons (Fsp3) is 0.462. The highest BCUT2D eigenvalue weighted by molar-refractivity contribution is 7.92. The Morgan fingerprint density at radius 2 is 2.05 bits per heavy atom. The van der Waals surface area contributed by atoms with Crippen LogP contribution in [0.2, 0.25) is 0 Å². The summed E-state index contributed by atoms with van der Waals surface area (Å²) >= 11 is 0. The summed E-state index contributed by atoms with van der Waals surface area (Å²) in [5.41, 5.74) is -0.705. The molecule has 19 heavy (non-hydrogen) atoms. The van der Waals surface area contributed by atoms with Gasteiger partial charge in [-0.1, -0.05) is 0 Å². The molecule has 1 aromatic carbocycles. The molecule has 2 rings (SSSR count). The number of hydrogen-bond donors (Lipinski definition) is 1. The van der Waals surface area contributed by atoms with Gasteiger partial charge < -0.3 is 9.84 Å². The molecule has 1 aromatic rings. The summed E-state index contributed by atoms with van der Waals surface area (Å²) in [7, 11) is -2.11. The van der Waals surface area contributed by atoms with Crippen molar-refractivity contribution in [3.63, 3.8) is 0 Å². The van der Waals surface area contributed by atoms with Gasteiger partial charge in [0.1, 0.15) is 5.75 Å². The predicted molar refractivity (Wildman–Crippen MR) is 69.1 cm³/mol. The van der Waals surface area contributed by atoms with Gasteiger partial charge in [-0.05, 0) is 44.0 Å². The number of carboxylic acids is 1. The number of ether oxygens (including phenoxy) is 1.